The predicted octanol–water partition coefficient (Wildman–Crippen LogP) is 2.51. The van der Waals surface area contributed by atoms with Crippen LogP contribution < -0.4 is 0 Å². The zero-order valence-electron chi connectivity index (χ0n) is 6.72. The zero-order chi connectivity index (χ0) is 9.14. The molecule has 0 bridgehead atoms. The van der Waals surface area contributed by atoms with Gasteiger partial charge in [0.05, 0.1) is 10.6 Å². The van der Waals surface area contributed by atoms with E-state index < -0.39 is 6.10 Å². The van der Waals surface area contributed by atoms with Gasteiger partial charge in [0.2, 0.25) is 0 Å². The van der Waals surface area contributed by atoms with E-state index in [9.17, 15) is 4.39 Å². The van der Waals surface area contributed by atoms with Crippen molar-refractivity contribution >= 4 is 15.9 Å². The molecule has 0 aliphatic heterocycles. The van der Waals surface area contributed by atoms with Crippen LogP contribution in [0.3, 0.4) is 0 Å². The van der Waals surface area contributed by atoms with E-state index in [0.29, 0.717) is 10.9 Å². The second-order valence-electron chi connectivity index (χ2n) is 2.77. The lowest BCUT2D eigenvalue weighted by molar-refractivity contribution is 0.195. The van der Waals surface area contributed by atoms with Crippen molar-refractivity contribution in [3.05, 3.63) is 34.1 Å². The highest BCUT2D eigenvalue weighted by Crippen LogP contribution is 2.21. The largest absolute Gasteiger partial charge is 0.393 e. The van der Waals surface area contributed by atoms with E-state index in [4.69, 9.17) is 5.11 Å². The van der Waals surface area contributed by atoms with Gasteiger partial charge in [0.1, 0.15) is 5.82 Å². The van der Waals surface area contributed by atoms with Crippen molar-refractivity contribution in [2.45, 2.75) is 19.4 Å². The van der Waals surface area contributed by atoms with Crippen molar-refractivity contribution in [1.29, 1.82) is 0 Å². The standard InChI is InChI=1S/C9H10BrFO/c1-6(12)5-7-3-2-4-8(11)9(7)10/h2-4,6,12H,5H2,1H3/t6-/m1/s1. The lowest BCUT2D eigenvalue weighted by Gasteiger charge is -2.06. The predicted molar refractivity (Wildman–Crippen MR) is 49.5 cm³/mol. The van der Waals surface area contributed by atoms with Gasteiger partial charge in [-0.15, -0.1) is 0 Å². The summed E-state index contributed by atoms with van der Waals surface area (Å²) < 4.78 is 13.4. The van der Waals surface area contributed by atoms with E-state index in [1.54, 1.807) is 19.1 Å². The van der Waals surface area contributed by atoms with Gasteiger partial charge >= 0.3 is 0 Å². The van der Waals surface area contributed by atoms with Crippen LogP contribution in [0.15, 0.2) is 22.7 Å². The molecule has 1 aromatic carbocycles. The Kier molecular flexibility index (Phi) is 3.23. The number of aliphatic hydroxyl groups is 1. The normalized spacial score (nSPS) is 13.0. The molecule has 0 saturated heterocycles. The summed E-state index contributed by atoms with van der Waals surface area (Å²) in [6.07, 6.45) is 0.0290. The van der Waals surface area contributed by atoms with Crippen molar-refractivity contribution in [1.82, 2.24) is 0 Å². The van der Waals surface area contributed by atoms with Crippen LogP contribution in [0.2, 0.25) is 0 Å². The number of hydrogen-bond acceptors (Lipinski definition) is 1. The molecule has 0 heterocycles. The van der Waals surface area contributed by atoms with Crippen molar-refractivity contribution in [3.8, 4) is 0 Å². The lowest BCUT2D eigenvalue weighted by atomic mass is 10.1. The minimum atomic E-state index is -0.442. The summed E-state index contributed by atoms with van der Waals surface area (Å²) in [6.45, 7) is 1.68. The number of rotatable bonds is 2. The molecule has 0 aliphatic rings. The van der Waals surface area contributed by atoms with Crippen LogP contribution in [-0.4, -0.2) is 11.2 Å². The summed E-state index contributed by atoms with van der Waals surface area (Å²) in [7, 11) is 0. The first-order valence-corrected chi connectivity index (χ1v) is 4.51. The van der Waals surface area contributed by atoms with E-state index in [-0.39, 0.29) is 5.82 Å². The molecule has 1 N–H and O–H groups in total. The highest BCUT2D eigenvalue weighted by atomic mass is 79.9. The van der Waals surface area contributed by atoms with Gasteiger partial charge in [0, 0.05) is 0 Å². The SMILES string of the molecule is C[C@@H](O)Cc1cccc(F)c1Br. The Morgan fingerprint density at radius 3 is 2.83 bits per heavy atom. The van der Waals surface area contributed by atoms with Crippen LogP contribution >= 0.6 is 15.9 Å². The summed E-state index contributed by atoms with van der Waals surface area (Å²) in [5.41, 5.74) is 0.796. The number of hydrogen-bond donors (Lipinski definition) is 1. The van der Waals surface area contributed by atoms with Gasteiger partial charge in [0.25, 0.3) is 0 Å². The minimum Gasteiger partial charge on any atom is -0.393 e. The average molecular weight is 233 g/mol. The number of aliphatic hydroxyl groups excluding tert-OH is 1. The van der Waals surface area contributed by atoms with Crippen LogP contribution in [0.5, 0.6) is 0 Å². The van der Waals surface area contributed by atoms with E-state index >= 15 is 0 Å². The van der Waals surface area contributed by atoms with Crippen LogP contribution in [0.1, 0.15) is 12.5 Å². The fourth-order valence-electron chi connectivity index (χ4n) is 1.02. The third-order valence-electron chi connectivity index (χ3n) is 1.55. The molecule has 0 radical (unpaired) electrons. The van der Waals surface area contributed by atoms with Gasteiger partial charge in [-0.05, 0) is 40.9 Å². The lowest BCUT2D eigenvalue weighted by Crippen LogP contribution is -2.05. The molecule has 1 rings (SSSR count). The number of benzene rings is 1. The van der Waals surface area contributed by atoms with Crippen LogP contribution in [0.25, 0.3) is 0 Å². The van der Waals surface area contributed by atoms with E-state index in [0.717, 1.165) is 5.56 Å². The topological polar surface area (TPSA) is 20.2 Å². The summed E-state index contributed by atoms with van der Waals surface area (Å²) >= 11 is 3.12. The molecule has 1 nitrogen and oxygen atoms in total. The Morgan fingerprint density at radius 1 is 1.58 bits per heavy atom. The van der Waals surface area contributed by atoms with Crippen molar-refractivity contribution in [2.24, 2.45) is 0 Å². The Balaban J connectivity index is 2.92. The molecule has 1 atom stereocenters. The molecule has 1 aromatic rings. The van der Waals surface area contributed by atoms with Crippen LogP contribution in [0.4, 0.5) is 4.39 Å². The average Bonchev–Trinajstić information content (AvgIpc) is 1.98. The van der Waals surface area contributed by atoms with Gasteiger partial charge in [-0.1, -0.05) is 12.1 Å². The smallest absolute Gasteiger partial charge is 0.137 e. The molecule has 3 heteroatoms. The Labute approximate surface area is 79.4 Å². The fourth-order valence-corrected chi connectivity index (χ4v) is 1.45. The van der Waals surface area contributed by atoms with Gasteiger partial charge in [0.15, 0.2) is 0 Å². The first-order chi connectivity index (χ1) is 5.61. The summed E-state index contributed by atoms with van der Waals surface area (Å²) in [5, 5.41) is 9.08. The molecule has 12 heavy (non-hydrogen) atoms. The van der Waals surface area contributed by atoms with E-state index in [2.05, 4.69) is 15.9 Å². The molecule has 0 spiro atoms. The first kappa shape index (κ1) is 9.68. The fraction of sp³-hybridized carbons (Fsp3) is 0.333. The molecular formula is C9H10BrFO. The van der Waals surface area contributed by atoms with E-state index in [1.165, 1.54) is 6.07 Å². The van der Waals surface area contributed by atoms with Gasteiger partial charge in [-0.25, -0.2) is 4.39 Å². The Morgan fingerprint density at radius 2 is 2.25 bits per heavy atom. The zero-order valence-corrected chi connectivity index (χ0v) is 8.31. The second kappa shape index (κ2) is 4.01. The molecule has 0 fully saturated rings. The molecule has 66 valence electrons. The first-order valence-electron chi connectivity index (χ1n) is 3.72. The van der Waals surface area contributed by atoms with Crippen LogP contribution in [-0.2, 0) is 6.42 Å². The molecular weight excluding hydrogens is 223 g/mol. The summed E-state index contributed by atoms with van der Waals surface area (Å²) in [4.78, 5) is 0. The Hall–Kier alpha value is -0.410. The van der Waals surface area contributed by atoms with Crippen LogP contribution in [0, 0.1) is 5.82 Å². The van der Waals surface area contributed by atoms with Gasteiger partial charge in [-0.3, -0.25) is 0 Å². The second-order valence-corrected chi connectivity index (χ2v) is 3.56. The third kappa shape index (κ3) is 2.29. The monoisotopic (exact) mass is 232 g/mol. The maximum absolute atomic E-state index is 12.9. The van der Waals surface area contributed by atoms with Gasteiger partial charge in [-0.2, -0.15) is 0 Å². The van der Waals surface area contributed by atoms with Gasteiger partial charge < -0.3 is 5.11 Å². The highest BCUT2D eigenvalue weighted by Gasteiger charge is 2.06. The van der Waals surface area contributed by atoms with Crippen molar-refractivity contribution in [2.75, 3.05) is 0 Å². The van der Waals surface area contributed by atoms with Crippen molar-refractivity contribution < 1.29 is 9.50 Å². The molecule has 0 saturated carbocycles. The van der Waals surface area contributed by atoms with E-state index in [1.807, 2.05) is 0 Å². The third-order valence-corrected chi connectivity index (χ3v) is 2.43. The molecule has 0 amide bonds. The number of halogens is 2. The summed E-state index contributed by atoms with van der Waals surface area (Å²) in [5.74, 6) is -0.284. The van der Waals surface area contributed by atoms with Crippen molar-refractivity contribution in [3.63, 3.8) is 0 Å². The highest BCUT2D eigenvalue weighted by molar-refractivity contribution is 9.10. The molecule has 0 aromatic heterocycles. The maximum Gasteiger partial charge on any atom is 0.137 e. The summed E-state index contributed by atoms with van der Waals surface area (Å²) in [6, 6.07) is 4.81. The quantitative estimate of drug-likeness (QED) is 0.832. The molecule has 0 unspecified atom stereocenters. The maximum atomic E-state index is 12.9. The molecule has 0 aliphatic carbocycles. The Bertz CT molecular complexity index is 273. The minimum absolute atomic E-state index is 0.284.